The number of rotatable bonds is 4. The van der Waals surface area contributed by atoms with E-state index in [1.54, 1.807) is 0 Å². The molecule has 1 fully saturated rings. The molecule has 0 spiro atoms. The molecule has 0 radical (unpaired) electrons. The Balaban J connectivity index is 1.91. The molecule has 2 N–H and O–H groups in total. The van der Waals surface area contributed by atoms with E-state index in [1.165, 1.54) is 0 Å². The number of nitrogens with one attached hydrogen (secondary N) is 2. The number of hydrogen-bond donors (Lipinski definition) is 2. The summed E-state index contributed by atoms with van der Waals surface area (Å²) in [6, 6.07) is 7.79. The quantitative estimate of drug-likeness (QED) is 0.833. The zero-order chi connectivity index (χ0) is 16.9. The molecule has 6 nitrogen and oxygen atoms in total. The number of anilines is 1. The fourth-order valence-electron chi connectivity index (χ4n) is 2.52. The number of carbonyl (C=O) groups excluding carboxylic acids is 2. The van der Waals surface area contributed by atoms with E-state index in [9.17, 15) is 9.59 Å². The zero-order valence-electron chi connectivity index (χ0n) is 14.0. The Bertz CT molecular complexity index is 537. The highest BCUT2D eigenvalue weighted by molar-refractivity contribution is 5.84. The van der Waals surface area contributed by atoms with Crippen LogP contribution in [-0.4, -0.2) is 48.7 Å². The highest BCUT2D eigenvalue weighted by atomic mass is 16.6. The maximum atomic E-state index is 11.7. The highest BCUT2D eigenvalue weighted by Gasteiger charge is 2.21. The third-order valence-electron chi connectivity index (χ3n) is 3.60. The van der Waals surface area contributed by atoms with E-state index in [0.717, 1.165) is 38.0 Å². The molecule has 1 heterocycles. The fourth-order valence-corrected chi connectivity index (χ4v) is 2.52. The Hall–Kier alpha value is -2.08. The van der Waals surface area contributed by atoms with Gasteiger partial charge in [-0.3, -0.25) is 10.1 Å². The third-order valence-corrected chi connectivity index (χ3v) is 3.60. The van der Waals surface area contributed by atoms with E-state index in [-0.39, 0.29) is 6.04 Å². The van der Waals surface area contributed by atoms with Crippen LogP contribution in [0, 0.1) is 0 Å². The summed E-state index contributed by atoms with van der Waals surface area (Å²) in [5.41, 5.74) is 1.30. The van der Waals surface area contributed by atoms with E-state index in [4.69, 9.17) is 4.74 Å². The van der Waals surface area contributed by atoms with Crippen molar-refractivity contribution in [3.05, 3.63) is 29.8 Å². The van der Waals surface area contributed by atoms with Crippen molar-refractivity contribution < 1.29 is 14.3 Å². The van der Waals surface area contributed by atoms with Gasteiger partial charge in [0.15, 0.2) is 0 Å². The van der Waals surface area contributed by atoms with Crippen LogP contribution in [0.2, 0.25) is 0 Å². The van der Waals surface area contributed by atoms with Crippen molar-refractivity contribution in [2.24, 2.45) is 0 Å². The average molecular weight is 319 g/mol. The molecule has 2 amide bonds. The van der Waals surface area contributed by atoms with Gasteiger partial charge in [-0.2, -0.15) is 0 Å². The number of piperazine rings is 1. The summed E-state index contributed by atoms with van der Waals surface area (Å²) in [5, 5.41) is 6.01. The first-order valence-electron chi connectivity index (χ1n) is 7.88. The molecule has 126 valence electrons. The van der Waals surface area contributed by atoms with E-state index in [0.29, 0.717) is 5.69 Å². The first-order chi connectivity index (χ1) is 10.9. The second-order valence-corrected chi connectivity index (χ2v) is 6.73. The Morgan fingerprint density at radius 2 is 2.09 bits per heavy atom. The normalized spacial score (nSPS) is 18.4. The molecule has 1 aromatic carbocycles. The summed E-state index contributed by atoms with van der Waals surface area (Å²) in [5.74, 6) is 0. The smallest absolute Gasteiger partial charge is 0.412 e. The molecule has 0 bridgehead atoms. The fraction of sp³-hybridized carbons (Fsp3) is 0.529. The predicted molar refractivity (Wildman–Crippen MR) is 89.4 cm³/mol. The summed E-state index contributed by atoms with van der Waals surface area (Å²) in [7, 11) is 0. The van der Waals surface area contributed by atoms with Gasteiger partial charge < -0.3 is 15.0 Å². The van der Waals surface area contributed by atoms with E-state index >= 15 is 0 Å². The van der Waals surface area contributed by atoms with Gasteiger partial charge in [-0.1, -0.05) is 12.1 Å². The molecule has 2 rings (SSSR count). The number of hydrogen-bond acceptors (Lipinski definition) is 4. The molecule has 1 aromatic rings. The molecule has 1 aliphatic heterocycles. The monoisotopic (exact) mass is 319 g/mol. The topological polar surface area (TPSA) is 70.7 Å². The van der Waals surface area contributed by atoms with Crippen LogP contribution in [0.4, 0.5) is 10.5 Å². The lowest BCUT2D eigenvalue weighted by atomic mass is 10.0. The van der Waals surface area contributed by atoms with Crippen LogP contribution in [0.1, 0.15) is 26.3 Å². The minimum Gasteiger partial charge on any atom is -0.444 e. The van der Waals surface area contributed by atoms with Crippen LogP contribution in [0.15, 0.2) is 24.3 Å². The Morgan fingerprint density at radius 1 is 1.39 bits per heavy atom. The van der Waals surface area contributed by atoms with Gasteiger partial charge in [-0.15, -0.1) is 0 Å². The largest absolute Gasteiger partial charge is 0.444 e. The van der Waals surface area contributed by atoms with Gasteiger partial charge in [0.2, 0.25) is 6.41 Å². The van der Waals surface area contributed by atoms with Crippen molar-refractivity contribution in [2.75, 3.05) is 25.0 Å². The molecule has 6 heteroatoms. The lowest BCUT2D eigenvalue weighted by Gasteiger charge is -2.33. The van der Waals surface area contributed by atoms with Crippen LogP contribution in [0.25, 0.3) is 0 Å². The number of amides is 2. The predicted octanol–water partition coefficient (Wildman–Crippen LogP) is 2.01. The van der Waals surface area contributed by atoms with Crippen molar-refractivity contribution in [3.63, 3.8) is 0 Å². The minimum atomic E-state index is -0.518. The Labute approximate surface area is 137 Å². The van der Waals surface area contributed by atoms with Crippen LogP contribution < -0.4 is 10.6 Å². The molecule has 1 saturated heterocycles. The molecule has 0 saturated carbocycles. The van der Waals surface area contributed by atoms with Gasteiger partial charge in [-0.25, -0.2) is 4.79 Å². The second-order valence-electron chi connectivity index (χ2n) is 6.73. The van der Waals surface area contributed by atoms with Gasteiger partial charge in [-0.05, 0) is 44.9 Å². The molecule has 1 atom stereocenters. The summed E-state index contributed by atoms with van der Waals surface area (Å²) in [4.78, 5) is 24.6. The van der Waals surface area contributed by atoms with Crippen molar-refractivity contribution >= 4 is 18.2 Å². The van der Waals surface area contributed by atoms with Gasteiger partial charge in [0.05, 0.1) is 0 Å². The first kappa shape index (κ1) is 17.3. The van der Waals surface area contributed by atoms with Crippen molar-refractivity contribution in [1.82, 2.24) is 10.2 Å². The Kier molecular flexibility index (Phi) is 5.60. The highest BCUT2D eigenvalue weighted by Crippen LogP contribution is 2.15. The average Bonchev–Trinajstić information content (AvgIpc) is 2.48. The van der Waals surface area contributed by atoms with E-state index < -0.39 is 11.7 Å². The third kappa shape index (κ3) is 5.56. The number of carbonyl (C=O) groups is 2. The minimum absolute atomic E-state index is 0.172. The molecular formula is C17H25N3O3. The summed E-state index contributed by atoms with van der Waals surface area (Å²) in [6.07, 6.45) is 1.25. The molecule has 0 aliphatic carbocycles. The number of benzene rings is 1. The maximum absolute atomic E-state index is 11.7. The summed E-state index contributed by atoms with van der Waals surface area (Å²) >= 11 is 0. The van der Waals surface area contributed by atoms with Gasteiger partial charge in [0, 0.05) is 31.4 Å². The SMILES string of the molecule is CC(C)(C)OC(=O)Nc1ccc(CC2CNCCN2C=O)cc1. The molecule has 23 heavy (non-hydrogen) atoms. The van der Waals surface area contributed by atoms with Crippen molar-refractivity contribution in [3.8, 4) is 0 Å². The molecular weight excluding hydrogens is 294 g/mol. The van der Waals surface area contributed by atoms with Crippen molar-refractivity contribution in [1.29, 1.82) is 0 Å². The van der Waals surface area contributed by atoms with Crippen LogP contribution in [0.3, 0.4) is 0 Å². The zero-order valence-corrected chi connectivity index (χ0v) is 14.0. The summed E-state index contributed by atoms with van der Waals surface area (Å²) in [6.45, 7) is 7.86. The molecule has 1 aliphatic rings. The molecule has 0 aromatic heterocycles. The Morgan fingerprint density at radius 3 is 2.70 bits per heavy atom. The van der Waals surface area contributed by atoms with Gasteiger partial charge in [0.25, 0.3) is 0 Å². The van der Waals surface area contributed by atoms with Crippen molar-refractivity contribution in [2.45, 2.75) is 38.8 Å². The van der Waals surface area contributed by atoms with Crippen LogP contribution in [0.5, 0.6) is 0 Å². The van der Waals surface area contributed by atoms with E-state index in [1.807, 2.05) is 49.9 Å². The second kappa shape index (κ2) is 7.46. The van der Waals surface area contributed by atoms with Crippen LogP contribution in [-0.2, 0) is 16.0 Å². The first-order valence-corrected chi connectivity index (χ1v) is 7.88. The lowest BCUT2D eigenvalue weighted by molar-refractivity contribution is -0.120. The number of ether oxygens (including phenoxy) is 1. The molecule has 1 unspecified atom stereocenters. The van der Waals surface area contributed by atoms with E-state index in [2.05, 4.69) is 10.6 Å². The van der Waals surface area contributed by atoms with Gasteiger partial charge >= 0.3 is 6.09 Å². The lowest BCUT2D eigenvalue weighted by Crippen LogP contribution is -2.51. The van der Waals surface area contributed by atoms with Crippen LogP contribution >= 0.6 is 0 Å². The summed E-state index contributed by atoms with van der Waals surface area (Å²) < 4.78 is 5.22. The maximum Gasteiger partial charge on any atom is 0.412 e. The number of nitrogens with zero attached hydrogens (tertiary/aromatic N) is 1. The van der Waals surface area contributed by atoms with Gasteiger partial charge in [0.1, 0.15) is 5.60 Å². The standard InChI is InChI=1S/C17H25N3O3/c1-17(2,3)23-16(22)19-14-6-4-13(5-7-14)10-15-11-18-8-9-20(15)12-21/h4-7,12,15,18H,8-11H2,1-3H3,(H,19,22).